The molecule has 0 aliphatic carbocycles. The maximum absolute atomic E-state index is 5.94. The summed E-state index contributed by atoms with van der Waals surface area (Å²) in [5.41, 5.74) is 5.53. The highest BCUT2D eigenvalue weighted by molar-refractivity contribution is 6.30. The number of hydrogen-bond acceptors (Lipinski definition) is 5. The zero-order valence-electron chi connectivity index (χ0n) is 15.7. The molecule has 3 aromatic rings. The lowest BCUT2D eigenvalue weighted by molar-refractivity contribution is 0.741. The molecule has 0 spiro atoms. The second-order valence-corrected chi connectivity index (χ2v) is 7.14. The summed E-state index contributed by atoms with van der Waals surface area (Å²) in [6.45, 7) is 4.88. The average molecular weight is 382 g/mol. The molecule has 1 N–H and O–H groups in total. The Labute approximate surface area is 165 Å². The van der Waals surface area contributed by atoms with Crippen LogP contribution in [0.1, 0.15) is 40.9 Å². The molecule has 0 radical (unpaired) electrons. The first-order valence-corrected chi connectivity index (χ1v) is 9.55. The van der Waals surface area contributed by atoms with Crippen LogP contribution in [-0.2, 0) is 12.8 Å². The van der Waals surface area contributed by atoms with E-state index in [1.807, 2.05) is 37.6 Å². The molecule has 0 saturated carbocycles. The molecule has 0 aromatic carbocycles. The molecule has 140 valence electrons. The van der Waals surface area contributed by atoms with E-state index in [1.54, 1.807) is 6.20 Å². The van der Waals surface area contributed by atoms with Crippen molar-refractivity contribution in [2.24, 2.45) is 0 Å². The molecule has 3 rings (SSSR count). The normalized spacial score (nSPS) is 10.8. The quantitative estimate of drug-likeness (QED) is 0.579. The van der Waals surface area contributed by atoms with Gasteiger partial charge in [0.1, 0.15) is 0 Å². The molecule has 0 aliphatic rings. The summed E-state index contributed by atoms with van der Waals surface area (Å²) in [4.78, 5) is 17.5. The number of nitrogens with one attached hydrogen (secondary N) is 1. The number of hydrogen-bond donors (Lipinski definition) is 1. The van der Waals surface area contributed by atoms with Gasteiger partial charge in [0.05, 0.1) is 5.02 Å². The highest BCUT2D eigenvalue weighted by Crippen LogP contribution is 2.14. The lowest BCUT2D eigenvalue weighted by atomic mass is 10.1. The molecule has 27 heavy (non-hydrogen) atoms. The number of nitrogens with zero attached hydrogens (tertiary/aromatic N) is 4. The molecule has 0 amide bonds. The number of unbranched alkanes of at least 4 members (excludes halogenated alkanes) is 1. The molecule has 3 heterocycles. The molecular weight excluding hydrogens is 358 g/mol. The summed E-state index contributed by atoms with van der Waals surface area (Å²) >= 11 is 5.94. The lowest BCUT2D eigenvalue weighted by Crippen LogP contribution is -2.06. The molecule has 0 bridgehead atoms. The largest absolute Gasteiger partial charge is 0.354 e. The van der Waals surface area contributed by atoms with E-state index in [9.17, 15) is 0 Å². The number of aryl methyl sites for hydroxylation is 3. The highest BCUT2D eigenvalue weighted by atomic mass is 35.5. The number of pyridine rings is 2. The first-order valence-electron chi connectivity index (χ1n) is 9.17. The SMILES string of the molecule is Cc1ccc(Cc2cnc(NCCCCc3ncc(Cl)cc3C)nc2)cn1. The Morgan fingerprint density at radius 3 is 2.37 bits per heavy atom. The number of anilines is 1. The van der Waals surface area contributed by atoms with Gasteiger partial charge in [-0.2, -0.15) is 0 Å². The van der Waals surface area contributed by atoms with Crippen molar-refractivity contribution in [1.29, 1.82) is 0 Å². The van der Waals surface area contributed by atoms with Crippen LogP contribution in [-0.4, -0.2) is 26.5 Å². The minimum atomic E-state index is 0.668. The Morgan fingerprint density at radius 1 is 0.889 bits per heavy atom. The zero-order chi connectivity index (χ0) is 19.1. The van der Waals surface area contributed by atoms with E-state index in [0.717, 1.165) is 60.3 Å². The van der Waals surface area contributed by atoms with E-state index in [1.165, 1.54) is 0 Å². The average Bonchev–Trinajstić information content (AvgIpc) is 2.66. The minimum absolute atomic E-state index is 0.668. The smallest absolute Gasteiger partial charge is 0.222 e. The van der Waals surface area contributed by atoms with E-state index in [4.69, 9.17) is 11.6 Å². The zero-order valence-corrected chi connectivity index (χ0v) is 16.5. The summed E-state index contributed by atoms with van der Waals surface area (Å²) in [6, 6.07) is 6.07. The van der Waals surface area contributed by atoms with Crippen LogP contribution in [0, 0.1) is 13.8 Å². The van der Waals surface area contributed by atoms with E-state index in [2.05, 4.69) is 38.2 Å². The third-order valence-electron chi connectivity index (χ3n) is 4.36. The second-order valence-electron chi connectivity index (χ2n) is 6.70. The predicted octanol–water partition coefficient (Wildman–Crippen LogP) is 4.56. The van der Waals surface area contributed by atoms with Crippen LogP contribution >= 0.6 is 11.6 Å². The summed E-state index contributed by atoms with van der Waals surface area (Å²) in [5.74, 6) is 0.668. The van der Waals surface area contributed by atoms with Gasteiger partial charge < -0.3 is 5.32 Å². The Hall–Kier alpha value is -2.53. The van der Waals surface area contributed by atoms with Gasteiger partial charge in [0.15, 0.2) is 0 Å². The van der Waals surface area contributed by atoms with Crippen molar-refractivity contribution in [2.75, 3.05) is 11.9 Å². The van der Waals surface area contributed by atoms with Crippen LogP contribution in [0.5, 0.6) is 0 Å². The maximum Gasteiger partial charge on any atom is 0.222 e. The van der Waals surface area contributed by atoms with Crippen LogP contribution in [0.4, 0.5) is 5.95 Å². The molecule has 0 atom stereocenters. The van der Waals surface area contributed by atoms with Crippen molar-refractivity contribution in [1.82, 2.24) is 19.9 Å². The Kier molecular flexibility index (Phi) is 6.71. The summed E-state index contributed by atoms with van der Waals surface area (Å²) in [7, 11) is 0. The Morgan fingerprint density at radius 2 is 1.67 bits per heavy atom. The third-order valence-corrected chi connectivity index (χ3v) is 4.57. The molecular formula is C21H24ClN5. The van der Waals surface area contributed by atoms with Crippen molar-refractivity contribution in [3.63, 3.8) is 0 Å². The molecule has 0 fully saturated rings. The monoisotopic (exact) mass is 381 g/mol. The molecule has 3 aromatic heterocycles. The van der Waals surface area contributed by atoms with Gasteiger partial charge in [-0.25, -0.2) is 9.97 Å². The van der Waals surface area contributed by atoms with Crippen molar-refractivity contribution in [3.05, 3.63) is 76.1 Å². The number of rotatable bonds is 8. The van der Waals surface area contributed by atoms with Crippen LogP contribution in [0.2, 0.25) is 5.02 Å². The van der Waals surface area contributed by atoms with Crippen LogP contribution in [0.3, 0.4) is 0 Å². The highest BCUT2D eigenvalue weighted by Gasteiger charge is 2.02. The predicted molar refractivity (Wildman–Crippen MR) is 109 cm³/mol. The Balaban J connectivity index is 1.40. The number of aromatic nitrogens is 4. The fraction of sp³-hybridized carbons (Fsp3) is 0.333. The van der Waals surface area contributed by atoms with E-state index in [-0.39, 0.29) is 0 Å². The summed E-state index contributed by atoms with van der Waals surface area (Å²) in [6.07, 6.45) is 11.2. The van der Waals surface area contributed by atoms with Gasteiger partial charge in [-0.1, -0.05) is 17.7 Å². The van der Waals surface area contributed by atoms with Crippen molar-refractivity contribution in [2.45, 2.75) is 39.5 Å². The summed E-state index contributed by atoms with van der Waals surface area (Å²) < 4.78 is 0. The van der Waals surface area contributed by atoms with Gasteiger partial charge in [-0.15, -0.1) is 0 Å². The van der Waals surface area contributed by atoms with E-state index < -0.39 is 0 Å². The van der Waals surface area contributed by atoms with Crippen molar-refractivity contribution >= 4 is 17.5 Å². The van der Waals surface area contributed by atoms with Gasteiger partial charge in [0, 0.05) is 49.1 Å². The topological polar surface area (TPSA) is 63.6 Å². The Bertz CT molecular complexity index is 863. The van der Waals surface area contributed by atoms with Gasteiger partial charge in [-0.05, 0) is 61.9 Å². The van der Waals surface area contributed by atoms with Gasteiger partial charge in [0.25, 0.3) is 0 Å². The molecule has 0 unspecified atom stereocenters. The third kappa shape index (κ3) is 6.00. The molecule has 0 aliphatic heterocycles. The summed E-state index contributed by atoms with van der Waals surface area (Å²) in [5, 5.41) is 3.97. The number of halogens is 1. The van der Waals surface area contributed by atoms with Crippen LogP contribution in [0.25, 0.3) is 0 Å². The van der Waals surface area contributed by atoms with Gasteiger partial charge >= 0.3 is 0 Å². The second kappa shape index (κ2) is 9.42. The fourth-order valence-corrected chi connectivity index (χ4v) is 3.04. The van der Waals surface area contributed by atoms with Crippen molar-refractivity contribution in [3.8, 4) is 0 Å². The fourth-order valence-electron chi connectivity index (χ4n) is 2.82. The van der Waals surface area contributed by atoms with E-state index >= 15 is 0 Å². The molecule has 5 nitrogen and oxygen atoms in total. The molecule has 6 heteroatoms. The lowest BCUT2D eigenvalue weighted by Gasteiger charge is -2.07. The first kappa shape index (κ1) is 19.2. The van der Waals surface area contributed by atoms with Gasteiger partial charge in [0.2, 0.25) is 5.95 Å². The van der Waals surface area contributed by atoms with E-state index in [0.29, 0.717) is 11.0 Å². The van der Waals surface area contributed by atoms with Crippen LogP contribution < -0.4 is 5.32 Å². The van der Waals surface area contributed by atoms with Crippen LogP contribution in [0.15, 0.2) is 43.0 Å². The standard InChI is InChI=1S/C21H24ClN5/c1-15-9-19(22)14-25-20(15)5-3-4-8-23-21-26-12-18(13-27-21)10-17-7-6-16(2)24-11-17/h6-7,9,11-14H,3-5,8,10H2,1-2H3,(H,23,26,27). The van der Waals surface area contributed by atoms with Gasteiger partial charge in [-0.3, -0.25) is 9.97 Å². The maximum atomic E-state index is 5.94. The minimum Gasteiger partial charge on any atom is -0.354 e. The first-order chi connectivity index (χ1) is 13.1. The molecule has 0 saturated heterocycles. The van der Waals surface area contributed by atoms with Crippen molar-refractivity contribution < 1.29 is 0 Å².